The average Bonchev–Trinajstić information content (AvgIpc) is 3.30. The Balaban J connectivity index is 1.43. The third kappa shape index (κ3) is 4.41. The number of likely N-dealkylation sites (tertiary alicyclic amines) is 1. The van der Waals surface area contributed by atoms with E-state index in [1.807, 2.05) is 17.0 Å². The van der Waals surface area contributed by atoms with Gasteiger partial charge in [0.05, 0.1) is 19.4 Å². The second-order valence-electron chi connectivity index (χ2n) is 6.30. The van der Waals surface area contributed by atoms with Crippen LogP contribution in [0.3, 0.4) is 0 Å². The predicted molar refractivity (Wildman–Crippen MR) is 94.1 cm³/mol. The van der Waals surface area contributed by atoms with Crippen LogP contribution < -0.4 is 10.6 Å². The number of carbonyl (C=O) groups excluding carboxylic acids is 2. The number of urea groups is 1. The summed E-state index contributed by atoms with van der Waals surface area (Å²) in [6.07, 6.45) is 2.51. The number of nitrogens with one attached hydrogen (secondary N) is 2. The van der Waals surface area contributed by atoms with E-state index in [9.17, 15) is 9.59 Å². The van der Waals surface area contributed by atoms with Crippen LogP contribution in [0.1, 0.15) is 29.2 Å². The molecule has 6 nitrogen and oxygen atoms in total. The molecule has 3 amide bonds. The molecule has 132 valence electrons. The van der Waals surface area contributed by atoms with E-state index in [2.05, 4.69) is 29.7 Å². The molecule has 1 atom stereocenters. The third-order valence-electron chi connectivity index (χ3n) is 4.57. The monoisotopic (exact) mass is 341 g/mol. The molecule has 1 aliphatic heterocycles. The summed E-state index contributed by atoms with van der Waals surface area (Å²) in [4.78, 5) is 25.9. The summed E-state index contributed by atoms with van der Waals surface area (Å²) >= 11 is 0. The van der Waals surface area contributed by atoms with Crippen LogP contribution >= 0.6 is 0 Å². The molecular weight excluding hydrogens is 318 g/mol. The van der Waals surface area contributed by atoms with Crippen molar-refractivity contribution in [2.45, 2.75) is 25.8 Å². The first-order valence-electron chi connectivity index (χ1n) is 8.51. The Hall–Kier alpha value is -2.76. The Morgan fingerprint density at radius 3 is 2.80 bits per heavy atom. The zero-order valence-corrected chi connectivity index (χ0v) is 14.3. The summed E-state index contributed by atoms with van der Waals surface area (Å²) in [6.45, 7) is 3.84. The molecule has 2 N–H and O–H groups in total. The summed E-state index contributed by atoms with van der Waals surface area (Å²) in [5.41, 5.74) is 2.57. The fourth-order valence-corrected chi connectivity index (χ4v) is 3.20. The molecule has 0 radical (unpaired) electrons. The van der Waals surface area contributed by atoms with E-state index in [0.717, 1.165) is 13.0 Å². The number of carbonyl (C=O) groups is 2. The van der Waals surface area contributed by atoms with Crippen molar-refractivity contribution in [3.05, 3.63) is 59.5 Å². The number of nitrogens with zero attached hydrogens (tertiary/aromatic N) is 1. The molecule has 1 aromatic heterocycles. The van der Waals surface area contributed by atoms with Crippen molar-refractivity contribution in [3.8, 4) is 0 Å². The third-order valence-corrected chi connectivity index (χ3v) is 4.57. The van der Waals surface area contributed by atoms with Crippen molar-refractivity contribution in [2.24, 2.45) is 0 Å². The van der Waals surface area contributed by atoms with Crippen molar-refractivity contribution in [1.82, 2.24) is 15.5 Å². The molecule has 1 fully saturated rings. The van der Waals surface area contributed by atoms with Gasteiger partial charge in [-0.3, -0.25) is 4.79 Å². The summed E-state index contributed by atoms with van der Waals surface area (Å²) in [7, 11) is 0. The van der Waals surface area contributed by atoms with Gasteiger partial charge in [0, 0.05) is 19.0 Å². The number of furan rings is 1. The number of hydrogen-bond acceptors (Lipinski definition) is 3. The summed E-state index contributed by atoms with van der Waals surface area (Å²) in [5, 5.41) is 5.26. The highest BCUT2D eigenvalue weighted by Gasteiger charge is 2.27. The summed E-state index contributed by atoms with van der Waals surface area (Å²) in [5.74, 6) is 0.990. The van der Waals surface area contributed by atoms with E-state index in [4.69, 9.17) is 4.42 Å². The van der Waals surface area contributed by atoms with Gasteiger partial charge in [0.15, 0.2) is 0 Å². The molecule has 0 spiro atoms. The van der Waals surface area contributed by atoms with Crippen molar-refractivity contribution < 1.29 is 14.0 Å². The van der Waals surface area contributed by atoms with Gasteiger partial charge in [0.25, 0.3) is 0 Å². The van der Waals surface area contributed by atoms with E-state index in [1.54, 1.807) is 18.4 Å². The average molecular weight is 341 g/mol. The van der Waals surface area contributed by atoms with Crippen LogP contribution in [0.15, 0.2) is 47.1 Å². The lowest BCUT2D eigenvalue weighted by atomic mass is 9.94. The number of amides is 3. The van der Waals surface area contributed by atoms with Gasteiger partial charge in [-0.15, -0.1) is 0 Å². The predicted octanol–water partition coefficient (Wildman–Crippen LogP) is 2.40. The van der Waals surface area contributed by atoms with Crippen LogP contribution in [0.4, 0.5) is 4.79 Å². The van der Waals surface area contributed by atoms with Crippen LogP contribution in [0.5, 0.6) is 0 Å². The highest BCUT2D eigenvalue weighted by Crippen LogP contribution is 2.29. The summed E-state index contributed by atoms with van der Waals surface area (Å²) in [6, 6.07) is 11.5. The van der Waals surface area contributed by atoms with Gasteiger partial charge >= 0.3 is 6.03 Å². The van der Waals surface area contributed by atoms with Crippen molar-refractivity contribution in [3.63, 3.8) is 0 Å². The largest absolute Gasteiger partial charge is 0.467 e. The first-order chi connectivity index (χ1) is 12.1. The molecule has 2 heterocycles. The van der Waals surface area contributed by atoms with Gasteiger partial charge < -0.3 is 20.0 Å². The van der Waals surface area contributed by atoms with Crippen molar-refractivity contribution >= 4 is 11.9 Å². The molecule has 1 aromatic carbocycles. The maximum Gasteiger partial charge on any atom is 0.315 e. The van der Waals surface area contributed by atoms with Gasteiger partial charge in [-0.25, -0.2) is 4.79 Å². The van der Waals surface area contributed by atoms with Crippen LogP contribution in [0.2, 0.25) is 0 Å². The first kappa shape index (κ1) is 17.1. The standard InChI is InChI=1S/C19H23N3O3/c1-14-5-2-3-7-17(14)15-8-9-22(13-15)18(23)12-21-19(24)20-11-16-6-4-10-25-16/h2-7,10,15H,8-9,11-13H2,1H3,(H2,20,21,24). The molecule has 3 rings (SSSR count). The van der Waals surface area contributed by atoms with Crippen LogP contribution in [0.25, 0.3) is 0 Å². The molecule has 1 saturated heterocycles. The van der Waals surface area contributed by atoms with Crippen LogP contribution in [-0.2, 0) is 11.3 Å². The molecule has 1 aliphatic rings. The first-order valence-corrected chi connectivity index (χ1v) is 8.51. The number of aryl methyl sites for hydroxylation is 1. The van der Waals surface area contributed by atoms with Gasteiger partial charge in [-0.1, -0.05) is 24.3 Å². The second-order valence-corrected chi connectivity index (χ2v) is 6.30. The normalized spacial score (nSPS) is 16.7. The van der Waals surface area contributed by atoms with E-state index in [1.165, 1.54) is 11.1 Å². The Bertz CT molecular complexity index is 727. The van der Waals surface area contributed by atoms with E-state index in [0.29, 0.717) is 24.8 Å². The maximum absolute atomic E-state index is 12.3. The molecule has 0 aliphatic carbocycles. The second kappa shape index (κ2) is 7.88. The van der Waals surface area contributed by atoms with Crippen molar-refractivity contribution in [2.75, 3.05) is 19.6 Å². The molecule has 1 unspecified atom stereocenters. The number of rotatable bonds is 5. The molecule has 25 heavy (non-hydrogen) atoms. The molecular formula is C19H23N3O3. The van der Waals surface area contributed by atoms with Gasteiger partial charge in [0.2, 0.25) is 5.91 Å². The van der Waals surface area contributed by atoms with Gasteiger partial charge in [-0.2, -0.15) is 0 Å². The smallest absolute Gasteiger partial charge is 0.315 e. The maximum atomic E-state index is 12.3. The number of benzene rings is 1. The lowest BCUT2D eigenvalue weighted by Gasteiger charge is -2.18. The summed E-state index contributed by atoms with van der Waals surface area (Å²) < 4.78 is 5.14. The quantitative estimate of drug-likeness (QED) is 0.877. The minimum Gasteiger partial charge on any atom is -0.467 e. The minimum absolute atomic E-state index is 0.00444. The topological polar surface area (TPSA) is 74.6 Å². The van der Waals surface area contributed by atoms with E-state index in [-0.39, 0.29) is 18.5 Å². The molecule has 2 aromatic rings. The Kier molecular flexibility index (Phi) is 5.38. The van der Waals surface area contributed by atoms with Crippen LogP contribution in [-0.4, -0.2) is 36.5 Å². The Labute approximate surface area is 147 Å². The number of hydrogen-bond donors (Lipinski definition) is 2. The zero-order valence-electron chi connectivity index (χ0n) is 14.3. The SMILES string of the molecule is Cc1ccccc1C1CCN(C(=O)CNC(=O)NCc2ccco2)C1. The lowest BCUT2D eigenvalue weighted by Crippen LogP contribution is -2.42. The van der Waals surface area contributed by atoms with Crippen LogP contribution in [0, 0.1) is 6.92 Å². The lowest BCUT2D eigenvalue weighted by molar-refractivity contribution is -0.129. The molecule has 0 bridgehead atoms. The van der Waals surface area contributed by atoms with Gasteiger partial charge in [0.1, 0.15) is 5.76 Å². The van der Waals surface area contributed by atoms with Crippen molar-refractivity contribution in [1.29, 1.82) is 0 Å². The zero-order chi connectivity index (χ0) is 17.6. The Morgan fingerprint density at radius 2 is 2.04 bits per heavy atom. The fraction of sp³-hybridized carbons (Fsp3) is 0.368. The fourth-order valence-electron chi connectivity index (χ4n) is 3.20. The Morgan fingerprint density at radius 1 is 1.20 bits per heavy atom. The van der Waals surface area contributed by atoms with E-state index < -0.39 is 0 Å². The highest BCUT2D eigenvalue weighted by atomic mass is 16.3. The molecule has 6 heteroatoms. The highest BCUT2D eigenvalue weighted by molar-refractivity contribution is 5.84. The van der Waals surface area contributed by atoms with E-state index >= 15 is 0 Å². The molecule has 0 saturated carbocycles. The van der Waals surface area contributed by atoms with Gasteiger partial charge in [-0.05, 0) is 36.6 Å². The minimum atomic E-state index is -0.376.